The van der Waals surface area contributed by atoms with Crippen LogP contribution >= 0.6 is 0 Å². The Bertz CT molecular complexity index is 927. The van der Waals surface area contributed by atoms with Crippen molar-refractivity contribution in [3.63, 3.8) is 0 Å². The van der Waals surface area contributed by atoms with Crippen molar-refractivity contribution in [1.82, 2.24) is 4.90 Å². The summed E-state index contributed by atoms with van der Waals surface area (Å²) in [6.45, 7) is 6.66. The molecule has 2 aromatic rings. The maximum atomic E-state index is 12.7. The van der Waals surface area contributed by atoms with E-state index in [1.807, 2.05) is 38.1 Å². The molecule has 3 rings (SSSR count). The molecule has 0 aromatic heterocycles. The van der Waals surface area contributed by atoms with Crippen molar-refractivity contribution in [3.05, 3.63) is 58.8 Å². The van der Waals surface area contributed by atoms with E-state index in [2.05, 4.69) is 0 Å². The van der Waals surface area contributed by atoms with E-state index in [9.17, 15) is 9.59 Å². The van der Waals surface area contributed by atoms with Crippen LogP contribution in [0.15, 0.2) is 42.2 Å². The molecule has 1 heterocycles. The van der Waals surface area contributed by atoms with Crippen LogP contribution in [-0.4, -0.2) is 37.0 Å². The van der Waals surface area contributed by atoms with Crippen LogP contribution in [0.2, 0.25) is 0 Å². The normalized spacial score (nSPS) is 13.9. The van der Waals surface area contributed by atoms with E-state index in [1.165, 1.54) is 0 Å². The van der Waals surface area contributed by atoms with E-state index in [0.717, 1.165) is 11.3 Å². The Hall–Kier alpha value is -3.28. The quantitative estimate of drug-likeness (QED) is 0.716. The standard InChI is InChI=1S/C22H23NO5/c1-5-23(6-2)22(25)28-18-12-11-17-20(24)19(27-21(17)14(18)3)13-15-7-9-16(26-4)10-8-15/h7-13H,5-6H2,1-4H3/b19-13-. The van der Waals surface area contributed by atoms with E-state index in [-0.39, 0.29) is 11.5 Å². The third-order valence-electron chi connectivity index (χ3n) is 4.67. The Balaban J connectivity index is 1.85. The second kappa shape index (κ2) is 8.17. The van der Waals surface area contributed by atoms with Crippen LogP contribution in [0.1, 0.15) is 35.3 Å². The molecule has 0 radical (unpaired) electrons. The van der Waals surface area contributed by atoms with Crippen molar-refractivity contribution < 1.29 is 23.8 Å². The van der Waals surface area contributed by atoms with Crippen molar-refractivity contribution in [2.24, 2.45) is 0 Å². The molecule has 0 unspecified atom stereocenters. The molecular formula is C22H23NO5. The van der Waals surface area contributed by atoms with Crippen LogP contribution in [0.4, 0.5) is 4.79 Å². The zero-order valence-electron chi connectivity index (χ0n) is 16.4. The fourth-order valence-corrected chi connectivity index (χ4v) is 2.97. The molecule has 0 saturated heterocycles. The largest absolute Gasteiger partial charge is 0.497 e. The van der Waals surface area contributed by atoms with Gasteiger partial charge in [0, 0.05) is 18.7 Å². The maximum absolute atomic E-state index is 12.7. The summed E-state index contributed by atoms with van der Waals surface area (Å²) in [6.07, 6.45) is 1.26. The molecule has 6 heteroatoms. The number of ketones is 1. The van der Waals surface area contributed by atoms with Gasteiger partial charge in [-0.1, -0.05) is 12.1 Å². The van der Waals surface area contributed by atoms with Crippen molar-refractivity contribution in [2.45, 2.75) is 20.8 Å². The number of fused-ring (bicyclic) bond motifs is 1. The summed E-state index contributed by atoms with van der Waals surface area (Å²) in [5.41, 5.74) is 1.90. The summed E-state index contributed by atoms with van der Waals surface area (Å²) in [5.74, 6) is 1.58. The van der Waals surface area contributed by atoms with E-state index < -0.39 is 6.09 Å². The van der Waals surface area contributed by atoms with Gasteiger partial charge in [-0.15, -0.1) is 0 Å². The zero-order valence-corrected chi connectivity index (χ0v) is 16.4. The van der Waals surface area contributed by atoms with Gasteiger partial charge in [0.2, 0.25) is 5.78 Å². The molecule has 1 aliphatic heterocycles. The first-order valence-electron chi connectivity index (χ1n) is 9.17. The lowest BCUT2D eigenvalue weighted by atomic mass is 10.1. The molecular weight excluding hydrogens is 358 g/mol. The average molecular weight is 381 g/mol. The maximum Gasteiger partial charge on any atom is 0.415 e. The molecule has 0 fully saturated rings. The number of hydrogen-bond acceptors (Lipinski definition) is 5. The Kier molecular flexibility index (Phi) is 5.68. The number of ether oxygens (including phenoxy) is 3. The molecule has 0 saturated carbocycles. The van der Waals surface area contributed by atoms with Gasteiger partial charge in [-0.3, -0.25) is 4.79 Å². The van der Waals surface area contributed by atoms with Gasteiger partial charge >= 0.3 is 6.09 Å². The first-order valence-corrected chi connectivity index (χ1v) is 9.17. The highest BCUT2D eigenvalue weighted by Gasteiger charge is 2.30. The third kappa shape index (κ3) is 3.71. The van der Waals surface area contributed by atoms with Crippen LogP contribution in [0, 0.1) is 6.92 Å². The summed E-state index contributed by atoms with van der Waals surface area (Å²) < 4.78 is 16.5. The molecule has 28 heavy (non-hydrogen) atoms. The Morgan fingerprint density at radius 3 is 2.39 bits per heavy atom. The molecule has 6 nitrogen and oxygen atoms in total. The lowest BCUT2D eigenvalue weighted by Crippen LogP contribution is -2.33. The number of carbonyl (C=O) groups is 2. The van der Waals surface area contributed by atoms with Crippen LogP contribution < -0.4 is 14.2 Å². The second-order valence-electron chi connectivity index (χ2n) is 6.32. The molecule has 0 aliphatic carbocycles. The number of amides is 1. The van der Waals surface area contributed by atoms with Crippen molar-refractivity contribution in [2.75, 3.05) is 20.2 Å². The lowest BCUT2D eigenvalue weighted by Gasteiger charge is -2.19. The van der Waals surface area contributed by atoms with E-state index >= 15 is 0 Å². The minimum atomic E-state index is -0.425. The Labute approximate surface area is 164 Å². The topological polar surface area (TPSA) is 65.1 Å². The van der Waals surface area contributed by atoms with Gasteiger partial charge in [0.25, 0.3) is 0 Å². The summed E-state index contributed by atoms with van der Waals surface area (Å²) in [5, 5.41) is 0. The molecule has 146 valence electrons. The SMILES string of the molecule is CCN(CC)C(=O)Oc1ccc2c(c1C)O/C(=C\c1ccc(OC)cc1)C2=O. The van der Waals surface area contributed by atoms with Gasteiger partial charge in [-0.05, 0) is 56.7 Å². The van der Waals surface area contributed by atoms with Gasteiger partial charge in [-0.2, -0.15) is 0 Å². The second-order valence-corrected chi connectivity index (χ2v) is 6.32. The molecule has 0 bridgehead atoms. The van der Waals surface area contributed by atoms with Crippen molar-refractivity contribution in [1.29, 1.82) is 0 Å². The Morgan fingerprint density at radius 1 is 1.11 bits per heavy atom. The summed E-state index contributed by atoms with van der Waals surface area (Å²) in [6, 6.07) is 10.6. The highest BCUT2D eigenvalue weighted by Crippen LogP contribution is 2.39. The minimum absolute atomic E-state index is 0.199. The highest BCUT2D eigenvalue weighted by molar-refractivity contribution is 6.15. The zero-order chi connectivity index (χ0) is 20.3. The Morgan fingerprint density at radius 2 is 1.79 bits per heavy atom. The number of Topliss-reactive ketones (excluding diaryl/α,β-unsaturated/α-hetero) is 1. The van der Waals surface area contributed by atoms with E-state index in [4.69, 9.17) is 14.2 Å². The van der Waals surface area contributed by atoms with Gasteiger partial charge in [-0.25, -0.2) is 4.79 Å². The highest BCUT2D eigenvalue weighted by atomic mass is 16.6. The number of hydrogen-bond donors (Lipinski definition) is 0. The molecule has 1 aliphatic rings. The van der Waals surface area contributed by atoms with E-state index in [0.29, 0.717) is 35.7 Å². The number of benzene rings is 2. The first-order chi connectivity index (χ1) is 13.5. The van der Waals surface area contributed by atoms with Crippen LogP contribution in [-0.2, 0) is 0 Å². The summed E-state index contributed by atoms with van der Waals surface area (Å²) in [7, 11) is 1.60. The van der Waals surface area contributed by atoms with Gasteiger partial charge in [0.15, 0.2) is 5.76 Å². The molecule has 0 atom stereocenters. The van der Waals surface area contributed by atoms with Crippen molar-refractivity contribution >= 4 is 18.0 Å². The third-order valence-corrected chi connectivity index (χ3v) is 4.67. The summed E-state index contributed by atoms with van der Waals surface area (Å²) >= 11 is 0. The average Bonchev–Trinajstić information content (AvgIpc) is 3.02. The summed E-state index contributed by atoms with van der Waals surface area (Å²) in [4.78, 5) is 26.5. The minimum Gasteiger partial charge on any atom is -0.497 e. The molecule has 0 spiro atoms. The van der Waals surface area contributed by atoms with Crippen molar-refractivity contribution in [3.8, 4) is 17.2 Å². The number of rotatable bonds is 5. The first kappa shape index (κ1) is 19.5. The molecule has 1 amide bonds. The molecule has 0 N–H and O–H groups in total. The van der Waals surface area contributed by atoms with Gasteiger partial charge < -0.3 is 19.1 Å². The lowest BCUT2D eigenvalue weighted by molar-refractivity contribution is 0.101. The molecule has 2 aromatic carbocycles. The predicted octanol–water partition coefficient (Wildman–Crippen LogP) is 4.46. The monoisotopic (exact) mass is 381 g/mol. The van der Waals surface area contributed by atoms with Gasteiger partial charge in [0.05, 0.1) is 12.7 Å². The fraction of sp³-hybridized carbons (Fsp3) is 0.273. The fourth-order valence-electron chi connectivity index (χ4n) is 2.97. The number of allylic oxidation sites excluding steroid dienone is 1. The predicted molar refractivity (Wildman–Crippen MR) is 106 cm³/mol. The van der Waals surface area contributed by atoms with Crippen LogP contribution in [0.5, 0.6) is 17.2 Å². The smallest absolute Gasteiger partial charge is 0.415 e. The van der Waals surface area contributed by atoms with Crippen LogP contribution in [0.3, 0.4) is 0 Å². The van der Waals surface area contributed by atoms with Gasteiger partial charge in [0.1, 0.15) is 17.2 Å². The number of nitrogens with zero attached hydrogens (tertiary/aromatic N) is 1. The number of carbonyl (C=O) groups excluding carboxylic acids is 2. The van der Waals surface area contributed by atoms with Crippen LogP contribution in [0.25, 0.3) is 6.08 Å². The van der Waals surface area contributed by atoms with E-state index in [1.54, 1.807) is 37.1 Å². The number of methoxy groups -OCH3 is 1.